The molecule has 0 spiro atoms. The number of fused-ring (bicyclic) bond motifs is 1. The Hall–Kier alpha value is -2.29. The lowest BCUT2D eigenvalue weighted by molar-refractivity contribution is -0.128. The molecule has 1 N–H and O–H groups in total. The molecule has 2 atom stereocenters. The number of aryl methyl sites for hydroxylation is 4. The third kappa shape index (κ3) is 4.71. The molecule has 2 aromatic carbocycles. The lowest BCUT2D eigenvalue weighted by Gasteiger charge is -2.23. The maximum atomic E-state index is 12.8. The molecule has 1 amide bonds. The van der Waals surface area contributed by atoms with Gasteiger partial charge in [0.25, 0.3) is 5.91 Å². The largest absolute Gasteiger partial charge is 0.481 e. The molecule has 0 radical (unpaired) electrons. The third-order valence-corrected chi connectivity index (χ3v) is 5.65. The number of nitrogens with one attached hydrogen (secondary N) is 1. The molecule has 0 bridgehead atoms. The Balaban J connectivity index is 1.66. The van der Waals surface area contributed by atoms with Gasteiger partial charge in [0.15, 0.2) is 6.10 Å². The van der Waals surface area contributed by atoms with Crippen molar-refractivity contribution in [2.45, 2.75) is 71.9 Å². The number of hydrogen-bond donors (Lipinski definition) is 1. The van der Waals surface area contributed by atoms with Crippen LogP contribution in [0.15, 0.2) is 36.4 Å². The molecule has 3 rings (SSSR count). The van der Waals surface area contributed by atoms with E-state index in [1.165, 1.54) is 47.1 Å². The Morgan fingerprint density at radius 2 is 1.78 bits per heavy atom. The second-order valence-corrected chi connectivity index (χ2v) is 7.73. The number of amides is 1. The van der Waals surface area contributed by atoms with Gasteiger partial charge in [-0.2, -0.15) is 0 Å². The Labute approximate surface area is 163 Å². The van der Waals surface area contributed by atoms with E-state index in [0.29, 0.717) is 6.42 Å². The Bertz CT molecular complexity index is 812. The lowest BCUT2D eigenvalue weighted by atomic mass is 9.89. The molecule has 0 heterocycles. The number of benzene rings is 2. The number of carbonyl (C=O) groups is 1. The molecule has 144 valence electrons. The molecule has 0 fully saturated rings. The summed E-state index contributed by atoms with van der Waals surface area (Å²) in [4.78, 5) is 12.8. The minimum absolute atomic E-state index is 0.0258. The smallest absolute Gasteiger partial charge is 0.261 e. The summed E-state index contributed by atoms with van der Waals surface area (Å²) < 4.78 is 5.98. The van der Waals surface area contributed by atoms with E-state index in [9.17, 15) is 4.79 Å². The van der Waals surface area contributed by atoms with Crippen molar-refractivity contribution in [3.05, 3.63) is 64.2 Å². The first kappa shape index (κ1) is 19.5. The van der Waals surface area contributed by atoms with Crippen LogP contribution in [0.1, 0.15) is 67.0 Å². The third-order valence-electron chi connectivity index (χ3n) is 5.65. The van der Waals surface area contributed by atoms with Gasteiger partial charge in [0.1, 0.15) is 5.75 Å². The van der Waals surface area contributed by atoms with Gasteiger partial charge in [0, 0.05) is 0 Å². The molecule has 3 heteroatoms. The first-order chi connectivity index (χ1) is 13.0. The minimum atomic E-state index is -0.479. The zero-order chi connectivity index (χ0) is 19.4. The predicted octanol–water partition coefficient (Wildman–Crippen LogP) is 5.22. The fraction of sp³-hybridized carbons (Fsp3) is 0.458. The highest BCUT2D eigenvalue weighted by atomic mass is 16.5. The molecule has 1 aliphatic rings. The topological polar surface area (TPSA) is 38.3 Å². The molecule has 2 aromatic rings. The quantitative estimate of drug-likeness (QED) is 0.762. The van der Waals surface area contributed by atoms with Crippen molar-refractivity contribution in [3.63, 3.8) is 0 Å². The van der Waals surface area contributed by atoms with E-state index in [-0.39, 0.29) is 11.9 Å². The molecular weight excluding hydrogens is 334 g/mol. The second kappa shape index (κ2) is 8.60. The van der Waals surface area contributed by atoms with Crippen LogP contribution < -0.4 is 10.1 Å². The summed E-state index contributed by atoms with van der Waals surface area (Å²) in [5, 5.41) is 3.14. The summed E-state index contributed by atoms with van der Waals surface area (Å²) in [5.74, 6) is 0.697. The lowest BCUT2D eigenvalue weighted by Crippen LogP contribution is -2.39. The van der Waals surface area contributed by atoms with Crippen molar-refractivity contribution in [1.82, 2.24) is 5.32 Å². The molecule has 0 saturated heterocycles. The van der Waals surface area contributed by atoms with Crippen molar-refractivity contribution in [3.8, 4) is 5.75 Å². The molecule has 0 aliphatic heterocycles. The van der Waals surface area contributed by atoms with Gasteiger partial charge in [-0.25, -0.2) is 0 Å². The van der Waals surface area contributed by atoms with Crippen molar-refractivity contribution in [2.24, 2.45) is 0 Å². The van der Waals surface area contributed by atoms with E-state index >= 15 is 0 Å². The second-order valence-electron chi connectivity index (χ2n) is 7.73. The number of carbonyl (C=O) groups excluding carboxylic acids is 1. The summed E-state index contributed by atoms with van der Waals surface area (Å²) in [6.45, 7) is 8.16. The van der Waals surface area contributed by atoms with Crippen molar-refractivity contribution in [1.29, 1.82) is 0 Å². The van der Waals surface area contributed by atoms with Gasteiger partial charge < -0.3 is 10.1 Å². The van der Waals surface area contributed by atoms with Crippen LogP contribution in [0.25, 0.3) is 0 Å². The van der Waals surface area contributed by atoms with E-state index in [0.717, 1.165) is 12.2 Å². The molecular formula is C24H31NO2. The molecule has 0 aromatic heterocycles. The first-order valence-corrected chi connectivity index (χ1v) is 10.1. The maximum absolute atomic E-state index is 12.8. The Morgan fingerprint density at radius 3 is 2.48 bits per heavy atom. The highest BCUT2D eigenvalue weighted by Gasteiger charge is 2.21. The minimum Gasteiger partial charge on any atom is -0.481 e. The van der Waals surface area contributed by atoms with Crippen molar-refractivity contribution in [2.75, 3.05) is 0 Å². The number of ether oxygens (including phenoxy) is 1. The monoisotopic (exact) mass is 365 g/mol. The summed E-state index contributed by atoms with van der Waals surface area (Å²) in [6, 6.07) is 12.6. The maximum Gasteiger partial charge on any atom is 0.261 e. The summed E-state index contributed by atoms with van der Waals surface area (Å²) in [5.41, 5.74) is 6.47. The van der Waals surface area contributed by atoms with Crippen LogP contribution in [0.2, 0.25) is 0 Å². The Morgan fingerprint density at radius 1 is 1.04 bits per heavy atom. The number of rotatable bonds is 6. The molecule has 0 unspecified atom stereocenters. The van der Waals surface area contributed by atoms with E-state index in [2.05, 4.69) is 37.4 Å². The predicted molar refractivity (Wildman–Crippen MR) is 110 cm³/mol. The zero-order valence-corrected chi connectivity index (χ0v) is 17.0. The van der Waals surface area contributed by atoms with Gasteiger partial charge in [-0.15, -0.1) is 0 Å². The van der Waals surface area contributed by atoms with Gasteiger partial charge in [-0.3, -0.25) is 4.79 Å². The van der Waals surface area contributed by atoms with Crippen molar-refractivity contribution >= 4 is 5.91 Å². The van der Waals surface area contributed by atoms with Crippen LogP contribution in [-0.2, 0) is 17.6 Å². The molecule has 1 aliphatic carbocycles. The van der Waals surface area contributed by atoms with Crippen LogP contribution in [-0.4, -0.2) is 12.0 Å². The van der Waals surface area contributed by atoms with E-state index in [1.54, 1.807) is 0 Å². The van der Waals surface area contributed by atoms with E-state index in [1.807, 2.05) is 32.0 Å². The van der Waals surface area contributed by atoms with Crippen LogP contribution in [0.3, 0.4) is 0 Å². The fourth-order valence-corrected chi connectivity index (χ4v) is 3.69. The van der Waals surface area contributed by atoms with Gasteiger partial charge in [-0.05, 0) is 92.8 Å². The van der Waals surface area contributed by atoms with E-state index < -0.39 is 6.10 Å². The average Bonchev–Trinajstić information content (AvgIpc) is 2.68. The van der Waals surface area contributed by atoms with Gasteiger partial charge in [0.2, 0.25) is 0 Å². The Kier molecular flexibility index (Phi) is 6.20. The van der Waals surface area contributed by atoms with Crippen LogP contribution >= 0.6 is 0 Å². The van der Waals surface area contributed by atoms with Crippen molar-refractivity contribution < 1.29 is 9.53 Å². The van der Waals surface area contributed by atoms with Crippen LogP contribution in [0.5, 0.6) is 5.75 Å². The van der Waals surface area contributed by atoms with Gasteiger partial charge >= 0.3 is 0 Å². The van der Waals surface area contributed by atoms with Crippen LogP contribution in [0, 0.1) is 13.8 Å². The molecule has 3 nitrogen and oxygen atoms in total. The highest BCUT2D eigenvalue weighted by Crippen LogP contribution is 2.25. The summed E-state index contributed by atoms with van der Waals surface area (Å²) in [6.07, 6.45) is 5.03. The summed E-state index contributed by atoms with van der Waals surface area (Å²) in [7, 11) is 0. The first-order valence-electron chi connectivity index (χ1n) is 10.1. The fourth-order valence-electron chi connectivity index (χ4n) is 3.69. The highest BCUT2D eigenvalue weighted by molar-refractivity contribution is 5.81. The SMILES string of the molecule is CC[C@H](Oc1ccc(C)c(C)c1)C(=O)N[C@@H](C)c1ccc2c(c1)CCCC2. The van der Waals surface area contributed by atoms with Crippen LogP contribution in [0.4, 0.5) is 0 Å². The van der Waals surface area contributed by atoms with Gasteiger partial charge in [-0.1, -0.05) is 31.2 Å². The van der Waals surface area contributed by atoms with Gasteiger partial charge in [0.05, 0.1) is 6.04 Å². The molecule has 0 saturated carbocycles. The molecule has 27 heavy (non-hydrogen) atoms. The van der Waals surface area contributed by atoms with E-state index in [4.69, 9.17) is 4.74 Å². The zero-order valence-electron chi connectivity index (χ0n) is 17.0. The number of hydrogen-bond acceptors (Lipinski definition) is 2. The normalized spacial score (nSPS) is 15.6. The average molecular weight is 366 g/mol. The standard InChI is InChI=1S/C24H31NO2/c1-5-23(27-22-13-10-16(2)17(3)14-22)24(26)25-18(4)20-12-11-19-8-6-7-9-21(19)15-20/h10-15,18,23H,5-9H2,1-4H3,(H,25,26)/t18-,23-/m0/s1. The summed E-state index contributed by atoms with van der Waals surface area (Å²) >= 11 is 0.